The van der Waals surface area contributed by atoms with Crippen molar-refractivity contribution >= 4 is 24.6 Å². The molecule has 0 heterocycles. The number of carboxylic acid groups (broad SMARTS) is 8. The summed E-state index contributed by atoms with van der Waals surface area (Å²) in [5.74, 6) is 0. The predicted octanol–water partition coefficient (Wildman–Crippen LogP) is -7.76. The SMILES string of the molecule is O=C(O)O.O=C(O)O.O=C(O)O.O=C(O)O.[H-].[H-].[H-].[K+].[K+].[K+]. The van der Waals surface area contributed by atoms with Crippen molar-refractivity contribution in [3.8, 4) is 0 Å². The van der Waals surface area contributed by atoms with Gasteiger partial charge in [0.2, 0.25) is 0 Å². The fourth-order valence-electron chi connectivity index (χ4n) is 0. The van der Waals surface area contributed by atoms with Gasteiger partial charge in [0.1, 0.15) is 0 Å². The Kier molecular flexibility index (Phi) is 83.1. The van der Waals surface area contributed by atoms with Gasteiger partial charge in [0.05, 0.1) is 0 Å². The molecule has 0 saturated carbocycles. The minimum Gasteiger partial charge on any atom is -1.00 e. The van der Waals surface area contributed by atoms with Gasteiger partial charge in [0.15, 0.2) is 0 Å². The molecule has 0 bridgehead atoms. The first-order valence-corrected chi connectivity index (χ1v) is 2.61. The molecule has 0 radical (unpaired) electrons. The van der Waals surface area contributed by atoms with Crippen LogP contribution in [0, 0.1) is 0 Å². The molecule has 0 aliphatic heterocycles. The van der Waals surface area contributed by atoms with Crippen LogP contribution in [0.3, 0.4) is 0 Å². The van der Waals surface area contributed by atoms with Gasteiger partial charge in [-0.3, -0.25) is 0 Å². The largest absolute Gasteiger partial charge is 1.00 e. The molecule has 0 amide bonds. The first kappa shape index (κ1) is 42.9. The van der Waals surface area contributed by atoms with E-state index in [1.807, 2.05) is 0 Å². The standard InChI is InChI=1S/4CH2O3.3K.3H/c4*2-1(3)4;;;;;;/h4*(H2,2,3,4);;;;;;/q;;;;3*+1;3*-1. The second-order valence-corrected chi connectivity index (χ2v) is 1.13. The van der Waals surface area contributed by atoms with Gasteiger partial charge in [-0.25, -0.2) is 19.2 Å². The summed E-state index contributed by atoms with van der Waals surface area (Å²) in [5.41, 5.74) is 0. The number of rotatable bonds is 0. The minimum atomic E-state index is -1.83. The summed E-state index contributed by atoms with van der Waals surface area (Å²) in [5, 5.41) is 55.8. The van der Waals surface area contributed by atoms with E-state index in [4.69, 9.17) is 60.0 Å². The van der Waals surface area contributed by atoms with E-state index in [1.165, 1.54) is 0 Å². The average Bonchev–Trinajstić information content (AvgIpc) is 1.76. The Labute approximate surface area is 237 Å². The zero-order valence-corrected chi connectivity index (χ0v) is 19.6. The molecule has 0 unspecified atom stereocenters. The van der Waals surface area contributed by atoms with E-state index in [9.17, 15) is 0 Å². The summed E-state index contributed by atoms with van der Waals surface area (Å²) in [6.45, 7) is 0. The molecular formula is C4H11K3O12. The van der Waals surface area contributed by atoms with Crippen molar-refractivity contribution in [3.63, 3.8) is 0 Å². The molecule has 0 aliphatic carbocycles. The second-order valence-electron chi connectivity index (χ2n) is 1.13. The van der Waals surface area contributed by atoms with Crippen molar-refractivity contribution in [3.05, 3.63) is 0 Å². The summed E-state index contributed by atoms with van der Waals surface area (Å²) in [6.07, 6.45) is -7.33. The zero-order valence-electron chi connectivity index (χ0n) is 13.2. The summed E-state index contributed by atoms with van der Waals surface area (Å²) in [4.78, 5) is 34.2. The zero-order chi connectivity index (χ0) is 14.3. The summed E-state index contributed by atoms with van der Waals surface area (Å²) in [7, 11) is 0. The smallest absolute Gasteiger partial charge is 1.00 e. The van der Waals surface area contributed by atoms with E-state index >= 15 is 0 Å². The molecule has 8 N–H and O–H groups in total. The molecule has 0 atom stereocenters. The molecule has 0 spiro atoms. The third-order valence-electron chi connectivity index (χ3n) is 0. The maximum atomic E-state index is 8.56. The van der Waals surface area contributed by atoms with Crippen LogP contribution in [0.25, 0.3) is 0 Å². The van der Waals surface area contributed by atoms with Crippen molar-refractivity contribution in [1.82, 2.24) is 0 Å². The van der Waals surface area contributed by atoms with Crippen LogP contribution in [-0.2, 0) is 0 Å². The minimum absolute atomic E-state index is 0. The monoisotopic (exact) mass is 368 g/mol. The third-order valence-corrected chi connectivity index (χ3v) is 0. The van der Waals surface area contributed by atoms with E-state index in [2.05, 4.69) is 0 Å². The molecule has 15 heteroatoms. The van der Waals surface area contributed by atoms with Gasteiger partial charge in [0.25, 0.3) is 0 Å². The van der Waals surface area contributed by atoms with Crippen molar-refractivity contribution in [1.29, 1.82) is 0 Å². The predicted molar refractivity (Wildman–Crippen MR) is 46.0 cm³/mol. The Balaban J connectivity index is -0.00000001000. The topological polar surface area (TPSA) is 230 Å². The van der Waals surface area contributed by atoms with Gasteiger partial charge in [-0.2, -0.15) is 0 Å². The van der Waals surface area contributed by atoms with E-state index in [0.29, 0.717) is 0 Å². The van der Waals surface area contributed by atoms with Gasteiger partial charge in [0, 0.05) is 0 Å². The van der Waals surface area contributed by atoms with Crippen LogP contribution in [0.15, 0.2) is 0 Å². The van der Waals surface area contributed by atoms with Crippen molar-refractivity contribution < 1.29 is 218 Å². The van der Waals surface area contributed by atoms with E-state index < -0.39 is 24.6 Å². The van der Waals surface area contributed by atoms with E-state index in [1.54, 1.807) is 0 Å². The molecule has 0 fully saturated rings. The Bertz CT molecular complexity index is 178. The van der Waals surface area contributed by atoms with Gasteiger partial charge in [-0.1, -0.05) is 0 Å². The molecule has 102 valence electrons. The van der Waals surface area contributed by atoms with Gasteiger partial charge in [-0.05, 0) is 0 Å². The fourth-order valence-corrected chi connectivity index (χ4v) is 0. The Morgan fingerprint density at radius 3 is 0.421 bits per heavy atom. The van der Waals surface area contributed by atoms with Crippen molar-refractivity contribution in [2.75, 3.05) is 0 Å². The fraction of sp³-hybridized carbons (Fsp3) is 0. The molecule has 0 saturated heterocycles. The average molecular weight is 368 g/mol. The van der Waals surface area contributed by atoms with Crippen molar-refractivity contribution in [2.45, 2.75) is 0 Å². The van der Waals surface area contributed by atoms with Crippen molar-refractivity contribution in [2.24, 2.45) is 0 Å². The molecule has 0 aromatic rings. The molecule has 12 nitrogen and oxygen atoms in total. The molecular weight excluding hydrogens is 357 g/mol. The summed E-state index contributed by atoms with van der Waals surface area (Å²) >= 11 is 0. The Hall–Kier alpha value is 1.99. The molecule has 0 aromatic heterocycles. The third kappa shape index (κ3) is 1630. The summed E-state index contributed by atoms with van der Waals surface area (Å²) in [6, 6.07) is 0. The van der Waals surface area contributed by atoms with E-state index in [0.717, 1.165) is 0 Å². The molecule has 0 rings (SSSR count). The van der Waals surface area contributed by atoms with Crippen LogP contribution in [0.4, 0.5) is 19.2 Å². The Morgan fingerprint density at radius 1 is 0.421 bits per heavy atom. The Morgan fingerprint density at radius 2 is 0.421 bits per heavy atom. The maximum Gasteiger partial charge on any atom is 1.00 e. The van der Waals surface area contributed by atoms with E-state index in [-0.39, 0.29) is 158 Å². The maximum absolute atomic E-state index is 8.56. The van der Waals surface area contributed by atoms with Crippen LogP contribution < -0.4 is 154 Å². The first-order valence-electron chi connectivity index (χ1n) is 2.61. The van der Waals surface area contributed by atoms with Crippen LogP contribution in [0.5, 0.6) is 0 Å². The normalized spacial score (nSPS) is 5.05. The summed E-state index contributed by atoms with van der Waals surface area (Å²) < 4.78 is 0. The van der Waals surface area contributed by atoms with Gasteiger partial charge >= 0.3 is 179 Å². The van der Waals surface area contributed by atoms with Crippen LogP contribution in [0.2, 0.25) is 0 Å². The van der Waals surface area contributed by atoms with Crippen LogP contribution >= 0.6 is 0 Å². The number of hydrogen-bond acceptors (Lipinski definition) is 4. The number of hydrogen-bond donors (Lipinski definition) is 8. The molecule has 0 aromatic carbocycles. The molecule has 19 heavy (non-hydrogen) atoms. The quantitative estimate of drug-likeness (QED) is 0.186. The second kappa shape index (κ2) is 36.8. The number of carbonyl (C=O) groups is 4. The van der Waals surface area contributed by atoms with Gasteiger partial charge in [-0.15, -0.1) is 0 Å². The van der Waals surface area contributed by atoms with Crippen LogP contribution in [-0.4, -0.2) is 65.5 Å². The first-order chi connectivity index (χ1) is 6.93. The molecule has 0 aliphatic rings. The van der Waals surface area contributed by atoms with Gasteiger partial charge < -0.3 is 45.1 Å². The van der Waals surface area contributed by atoms with Crippen LogP contribution in [0.1, 0.15) is 4.28 Å².